The third-order valence-electron chi connectivity index (χ3n) is 3.43. The van der Waals surface area contributed by atoms with Crippen LogP contribution in [-0.4, -0.2) is 25.1 Å². The molecule has 0 aliphatic heterocycles. The number of aromatic nitrogens is 2. The van der Waals surface area contributed by atoms with Gasteiger partial charge < -0.3 is 4.52 Å². The quantitative estimate of drug-likeness (QED) is 0.743. The van der Waals surface area contributed by atoms with Crippen LogP contribution < -0.4 is 4.72 Å². The molecule has 0 aliphatic rings. The average Bonchev–Trinajstić information content (AvgIpc) is 3.04. The van der Waals surface area contributed by atoms with Crippen LogP contribution in [0.5, 0.6) is 0 Å². The summed E-state index contributed by atoms with van der Waals surface area (Å²) in [5.41, 5.74) is 1.98. The molecule has 0 radical (unpaired) electrons. The minimum Gasteiger partial charge on any atom is -0.339 e. The molecule has 3 aromatic rings. The van der Waals surface area contributed by atoms with Gasteiger partial charge in [0.15, 0.2) is 0 Å². The van der Waals surface area contributed by atoms with Gasteiger partial charge in [0, 0.05) is 18.5 Å². The predicted molar refractivity (Wildman–Crippen MR) is 89.8 cm³/mol. The Morgan fingerprint density at radius 2 is 1.88 bits per heavy atom. The maximum atomic E-state index is 12.1. The Morgan fingerprint density at radius 1 is 1.08 bits per heavy atom. The van der Waals surface area contributed by atoms with Crippen LogP contribution in [0.1, 0.15) is 11.5 Å². The zero-order valence-corrected chi connectivity index (χ0v) is 14.0. The summed E-state index contributed by atoms with van der Waals surface area (Å²) in [7, 11) is -3.52. The Hall–Kier alpha value is -2.51. The van der Waals surface area contributed by atoms with Crippen molar-refractivity contribution in [3.05, 3.63) is 66.1 Å². The van der Waals surface area contributed by atoms with Gasteiger partial charge >= 0.3 is 0 Å². The van der Waals surface area contributed by atoms with Crippen LogP contribution in [0.25, 0.3) is 11.4 Å². The Balaban J connectivity index is 1.62. The minimum absolute atomic E-state index is 0.187. The van der Waals surface area contributed by atoms with Crippen molar-refractivity contribution in [2.45, 2.75) is 18.2 Å². The molecule has 6 nitrogen and oxygen atoms in total. The topological polar surface area (TPSA) is 85.1 Å². The fourth-order valence-corrected chi connectivity index (χ4v) is 3.29. The monoisotopic (exact) mass is 343 g/mol. The Kier molecular flexibility index (Phi) is 4.73. The van der Waals surface area contributed by atoms with Gasteiger partial charge in [-0.05, 0) is 25.1 Å². The van der Waals surface area contributed by atoms with Crippen molar-refractivity contribution < 1.29 is 12.9 Å². The summed E-state index contributed by atoms with van der Waals surface area (Å²) >= 11 is 0. The van der Waals surface area contributed by atoms with Crippen LogP contribution in [-0.2, 0) is 16.4 Å². The molecule has 2 aromatic carbocycles. The minimum atomic E-state index is -3.52. The second-order valence-electron chi connectivity index (χ2n) is 5.34. The molecule has 0 saturated heterocycles. The highest BCUT2D eigenvalue weighted by atomic mass is 32.2. The van der Waals surface area contributed by atoms with Crippen LogP contribution in [0, 0.1) is 6.92 Å². The molecular formula is C17H17N3O3S. The van der Waals surface area contributed by atoms with E-state index in [4.69, 9.17) is 4.52 Å². The first-order valence-corrected chi connectivity index (χ1v) is 8.97. The molecule has 0 amide bonds. The molecule has 0 bridgehead atoms. The third-order valence-corrected chi connectivity index (χ3v) is 4.91. The number of nitrogens with one attached hydrogen (secondary N) is 1. The summed E-state index contributed by atoms with van der Waals surface area (Å²) in [5.74, 6) is 0.891. The number of hydrogen-bond acceptors (Lipinski definition) is 5. The zero-order valence-electron chi connectivity index (χ0n) is 13.1. The third kappa shape index (κ3) is 3.87. The fraction of sp³-hybridized carbons (Fsp3) is 0.176. The maximum absolute atomic E-state index is 12.1. The lowest BCUT2D eigenvalue weighted by Gasteiger charge is -2.04. The summed E-state index contributed by atoms with van der Waals surface area (Å²) in [6.45, 7) is 2.18. The van der Waals surface area contributed by atoms with Gasteiger partial charge in [0.1, 0.15) is 0 Å². The molecule has 1 N–H and O–H groups in total. The van der Waals surface area contributed by atoms with Crippen LogP contribution in [0.3, 0.4) is 0 Å². The second kappa shape index (κ2) is 6.94. The molecule has 0 unspecified atom stereocenters. The largest absolute Gasteiger partial charge is 0.339 e. The van der Waals surface area contributed by atoms with Crippen molar-refractivity contribution in [2.75, 3.05) is 6.54 Å². The molecule has 24 heavy (non-hydrogen) atoms. The lowest BCUT2D eigenvalue weighted by molar-refractivity contribution is 0.379. The van der Waals surface area contributed by atoms with Crippen molar-refractivity contribution in [2.24, 2.45) is 0 Å². The van der Waals surface area contributed by atoms with E-state index in [1.165, 1.54) is 0 Å². The highest BCUT2D eigenvalue weighted by Crippen LogP contribution is 2.17. The van der Waals surface area contributed by atoms with E-state index in [0.717, 1.165) is 11.1 Å². The van der Waals surface area contributed by atoms with Crippen molar-refractivity contribution in [3.8, 4) is 11.4 Å². The van der Waals surface area contributed by atoms with E-state index < -0.39 is 10.0 Å². The number of aryl methyl sites for hydroxylation is 1. The summed E-state index contributed by atoms with van der Waals surface area (Å²) < 4.78 is 31.9. The number of benzene rings is 2. The van der Waals surface area contributed by atoms with Gasteiger partial charge in [-0.25, -0.2) is 13.1 Å². The van der Waals surface area contributed by atoms with Gasteiger partial charge in [0.2, 0.25) is 21.7 Å². The maximum Gasteiger partial charge on any atom is 0.240 e. The molecular weight excluding hydrogens is 326 g/mol. The first kappa shape index (κ1) is 16.4. The molecule has 7 heteroatoms. The number of nitrogens with zero attached hydrogens (tertiary/aromatic N) is 2. The van der Waals surface area contributed by atoms with E-state index >= 15 is 0 Å². The van der Waals surface area contributed by atoms with Gasteiger partial charge in [-0.2, -0.15) is 4.98 Å². The van der Waals surface area contributed by atoms with Crippen molar-refractivity contribution in [1.29, 1.82) is 0 Å². The number of sulfonamides is 1. The summed E-state index contributed by atoms with van der Waals surface area (Å²) in [5, 5.41) is 3.94. The Labute approximate surface area is 140 Å². The first-order chi connectivity index (χ1) is 11.5. The van der Waals surface area contributed by atoms with Crippen LogP contribution in [0.15, 0.2) is 64.0 Å². The fourth-order valence-electron chi connectivity index (χ4n) is 2.23. The molecule has 0 atom stereocenters. The predicted octanol–water partition coefficient (Wildman–Crippen LogP) is 2.57. The molecule has 3 rings (SSSR count). The number of hydrogen-bond donors (Lipinski definition) is 1. The van der Waals surface area contributed by atoms with Crippen LogP contribution >= 0.6 is 0 Å². The second-order valence-corrected chi connectivity index (χ2v) is 7.11. The molecule has 0 spiro atoms. The van der Waals surface area contributed by atoms with Crippen molar-refractivity contribution in [1.82, 2.24) is 14.9 Å². The van der Waals surface area contributed by atoms with Gasteiger partial charge in [0.25, 0.3) is 0 Å². The van der Waals surface area contributed by atoms with Gasteiger partial charge in [-0.15, -0.1) is 0 Å². The highest BCUT2D eigenvalue weighted by Gasteiger charge is 2.14. The summed E-state index contributed by atoms with van der Waals surface area (Å²) in [6, 6.07) is 16.0. The SMILES string of the molecule is Cc1cccc(-c2noc(CCNS(=O)(=O)c3ccccc3)n2)c1. The van der Waals surface area contributed by atoms with Gasteiger partial charge in [-0.3, -0.25) is 0 Å². The molecule has 1 heterocycles. The Bertz CT molecular complexity index is 921. The smallest absolute Gasteiger partial charge is 0.240 e. The van der Waals surface area contributed by atoms with Crippen LogP contribution in [0.2, 0.25) is 0 Å². The molecule has 0 saturated carbocycles. The first-order valence-electron chi connectivity index (χ1n) is 7.49. The summed E-state index contributed by atoms with van der Waals surface area (Å²) in [6.07, 6.45) is 0.324. The number of rotatable bonds is 6. The average molecular weight is 343 g/mol. The van der Waals surface area contributed by atoms with Crippen LogP contribution in [0.4, 0.5) is 0 Å². The lowest BCUT2D eigenvalue weighted by Crippen LogP contribution is -2.26. The molecule has 1 aromatic heterocycles. The summed E-state index contributed by atoms with van der Waals surface area (Å²) in [4.78, 5) is 4.53. The highest BCUT2D eigenvalue weighted by molar-refractivity contribution is 7.89. The lowest BCUT2D eigenvalue weighted by atomic mass is 10.1. The van der Waals surface area contributed by atoms with E-state index in [-0.39, 0.29) is 11.4 Å². The molecule has 124 valence electrons. The van der Waals surface area contributed by atoms with E-state index in [2.05, 4.69) is 14.9 Å². The van der Waals surface area contributed by atoms with Gasteiger partial charge in [0.05, 0.1) is 4.90 Å². The standard InChI is InChI=1S/C17H17N3O3S/c1-13-6-5-7-14(12-13)17-19-16(23-20-17)10-11-18-24(21,22)15-8-3-2-4-9-15/h2-9,12,18H,10-11H2,1H3. The zero-order chi connectivity index (χ0) is 17.0. The van der Waals surface area contributed by atoms with E-state index in [9.17, 15) is 8.42 Å². The normalized spacial score (nSPS) is 11.5. The van der Waals surface area contributed by atoms with Crippen molar-refractivity contribution >= 4 is 10.0 Å². The van der Waals surface area contributed by atoms with E-state index in [0.29, 0.717) is 18.1 Å². The van der Waals surface area contributed by atoms with Crippen molar-refractivity contribution in [3.63, 3.8) is 0 Å². The molecule has 0 fully saturated rings. The Morgan fingerprint density at radius 3 is 2.62 bits per heavy atom. The van der Waals surface area contributed by atoms with Gasteiger partial charge in [-0.1, -0.05) is 47.1 Å². The molecule has 0 aliphatic carbocycles. The van der Waals surface area contributed by atoms with E-state index in [1.807, 2.05) is 31.2 Å². The van der Waals surface area contributed by atoms with E-state index in [1.54, 1.807) is 30.3 Å².